The number of amides is 3. The number of Topliss-reactive ketones (excluding diaryl/α,β-unsaturated/α-hetero) is 1. The summed E-state index contributed by atoms with van der Waals surface area (Å²) in [6, 6.07) is 11.9. The van der Waals surface area contributed by atoms with Crippen molar-refractivity contribution >= 4 is 50.0 Å². The quantitative estimate of drug-likeness (QED) is 0.379. The van der Waals surface area contributed by atoms with E-state index in [2.05, 4.69) is 21.3 Å². The predicted octanol–water partition coefficient (Wildman–Crippen LogP) is 1.96. The summed E-state index contributed by atoms with van der Waals surface area (Å²) in [6.45, 7) is 3.14. The predicted molar refractivity (Wildman–Crippen MR) is 139 cm³/mol. The monoisotopic (exact) mass is 506 g/mol. The molecule has 10 nitrogen and oxygen atoms in total. The van der Waals surface area contributed by atoms with Crippen molar-refractivity contribution in [1.29, 1.82) is 0 Å². The molecule has 2 atom stereocenters. The third-order valence-electron chi connectivity index (χ3n) is 6.54. The average Bonchev–Trinajstić information content (AvgIpc) is 3.37. The fraction of sp³-hybridized carbons (Fsp3) is 0.320. The van der Waals surface area contributed by atoms with E-state index in [1.807, 2.05) is 31.2 Å². The molecule has 3 amide bonds. The number of nitrogens with zero attached hydrogens (tertiary/aromatic N) is 2. The van der Waals surface area contributed by atoms with Crippen LogP contribution in [0.25, 0.3) is 10.1 Å². The summed E-state index contributed by atoms with van der Waals surface area (Å²) in [5.74, 6) is -1.05. The van der Waals surface area contributed by atoms with Crippen molar-refractivity contribution in [3.63, 3.8) is 0 Å². The maximum Gasteiger partial charge on any atom is 0.319 e. The number of anilines is 1. The lowest BCUT2D eigenvalue weighted by Gasteiger charge is -2.36. The number of amidine groups is 1. The first-order chi connectivity index (χ1) is 17.4. The number of pyridine rings is 1. The van der Waals surface area contributed by atoms with Crippen LogP contribution in [0.5, 0.6) is 0 Å². The van der Waals surface area contributed by atoms with Gasteiger partial charge in [0.2, 0.25) is 0 Å². The van der Waals surface area contributed by atoms with Crippen LogP contribution in [0.3, 0.4) is 0 Å². The van der Waals surface area contributed by atoms with Gasteiger partial charge in [0.1, 0.15) is 10.8 Å². The lowest BCUT2D eigenvalue weighted by molar-refractivity contribution is -0.125. The first kappa shape index (κ1) is 23.9. The Bertz CT molecular complexity index is 1440. The second-order valence-electron chi connectivity index (χ2n) is 8.76. The number of fused-ring (bicyclic) bond motifs is 1. The van der Waals surface area contributed by atoms with E-state index in [1.54, 1.807) is 18.3 Å². The number of carbonyl (C=O) groups is 3. The van der Waals surface area contributed by atoms with Crippen LogP contribution in [0.2, 0.25) is 0 Å². The van der Waals surface area contributed by atoms with Crippen LogP contribution in [-0.2, 0) is 11.3 Å². The van der Waals surface area contributed by atoms with Gasteiger partial charge in [0.15, 0.2) is 11.3 Å². The van der Waals surface area contributed by atoms with Crippen LogP contribution in [-0.4, -0.2) is 53.3 Å². The molecule has 11 heteroatoms. The second kappa shape index (κ2) is 9.67. The summed E-state index contributed by atoms with van der Waals surface area (Å²) in [4.78, 5) is 56.8. The van der Waals surface area contributed by atoms with Crippen molar-refractivity contribution in [1.82, 2.24) is 20.5 Å². The molecule has 1 aromatic carbocycles. The Labute approximate surface area is 210 Å². The third kappa shape index (κ3) is 4.20. The molecule has 2 aromatic heterocycles. The number of rotatable bonds is 6. The van der Waals surface area contributed by atoms with Gasteiger partial charge in [-0.1, -0.05) is 24.3 Å². The Morgan fingerprint density at radius 2 is 2.00 bits per heavy atom. The third-order valence-corrected chi connectivity index (χ3v) is 7.62. The average molecular weight is 507 g/mol. The van der Waals surface area contributed by atoms with Crippen molar-refractivity contribution in [3.8, 4) is 0 Å². The molecule has 186 valence electrons. The Balaban J connectivity index is 1.54. The van der Waals surface area contributed by atoms with Crippen LogP contribution in [0.15, 0.2) is 58.4 Å². The molecular formula is C25H26N6O4S. The zero-order valence-electron chi connectivity index (χ0n) is 19.7. The fourth-order valence-electron chi connectivity index (χ4n) is 4.83. The molecule has 1 fully saturated rings. The molecule has 1 spiro atoms. The number of piperidine rings is 1. The van der Waals surface area contributed by atoms with Gasteiger partial charge in [-0.2, -0.15) is 0 Å². The molecule has 1 saturated heterocycles. The summed E-state index contributed by atoms with van der Waals surface area (Å²) < 4.78 is 2.31. The van der Waals surface area contributed by atoms with Gasteiger partial charge in [-0.25, -0.2) is 4.79 Å². The Morgan fingerprint density at radius 3 is 2.81 bits per heavy atom. The van der Waals surface area contributed by atoms with Crippen molar-refractivity contribution in [3.05, 3.63) is 64.6 Å². The summed E-state index contributed by atoms with van der Waals surface area (Å²) in [7, 11) is 0. The lowest BCUT2D eigenvalue weighted by atomic mass is 9.74. The molecule has 4 heterocycles. The number of nitrogens with one attached hydrogen (secondary N) is 4. The Morgan fingerprint density at radius 1 is 1.19 bits per heavy atom. The summed E-state index contributed by atoms with van der Waals surface area (Å²) in [5.41, 5.74) is -1.12. The molecular weight excluding hydrogens is 480 g/mol. The first-order valence-electron chi connectivity index (χ1n) is 11.8. The number of urea groups is 1. The molecule has 2 unspecified atom stereocenters. The molecule has 0 saturated carbocycles. The van der Waals surface area contributed by atoms with Gasteiger partial charge in [-0.3, -0.25) is 24.7 Å². The van der Waals surface area contributed by atoms with E-state index in [1.165, 1.54) is 22.0 Å². The normalized spacial score (nSPS) is 21.3. The molecule has 2 aliphatic heterocycles. The number of aliphatic imine (C=N–C) groups is 1. The van der Waals surface area contributed by atoms with E-state index in [-0.39, 0.29) is 30.3 Å². The standard InChI is InChI=1S/C25H26N6O4S/c1-2-27-24(35)29-22-20(15-7-3-4-8-17(15)36-22)21(33)16-13-26-11-10-25(16)23(34)28-18(30-25)14-31-12-6-5-9-19(31)32/h3-9,12,16,26H,2,10-11,13-14H2,1H3,(H2,27,29,35)(H,28,30,34). The zero-order valence-corrected chi connectivity index (χ0v) is 20.5. The number of aromatic nitrogens is 1. The molecule has 0 bridgehead atoms. The van der Waals surface area contributed by atoms with Gasteiger partial charge in [0.05, 0.1) is 18.0 Å². The molecule has 5 rings (SSSR count). The highest BCUT2D eigenvalue weighted by molar-refractivity contribution is 7.23. The van der Waals surface area contributed by atoms with Crippen LogP contribution < -0.4 is 26.8 Å². The maximum atomic E-state index is 14.2. The van der Waals surface area contributed by atoms with Crippen molar-refractivity contribution in [2.75, 3.05) is 25.0 Å². The minimum absolute atomic E-state index is 0.104. The van der Waals surface area contributed by atoms with Crippen LogP contribution in [0, 0.1) is 5.92 Å². The van der Waals surface area contributed by atoms with Gasteiger partial charge >= 0.3 is 6.03 Å². The first-order valence-corrected chi connectivity index (χ1v) is 12.6. The van der Waals surface area contributed by atoms with Crippen molar-refractivity contribution in [2.45, 2.75) is 25.4 Å². The summed E-state index contributed by atoms with van der Waals surface area (Å²) in [5, 5.41) is 12.7. The number of hydrogen-bond acceptors (Lipinski definition) is 7. The van der Waals surface area contributed by atoms with Gasteiger partial charge in [-0.15, -0.1) is 11.3 Å². The minimum atomic E-state index is -1.29. The van der Waals surface area contributed by atoms with E-state index < -0.39 is 17.5 Å². The van der Waals surface area contributed by atoms with Gasteiger partial charge in [0.25, 0.3) is 11.5 Å². The molecule has 0 radical (unpaired) electrons. The SMILES string of the molecule is CCNC(=O)Nc1sc2ccccc2c1C(=O)C1CNCCC12N=C(Cn1ccccc1=O)NC2=O. The Hall–Kier alpha value is -3.83. The van der Waals surface area contributed by atoms with Crippen molar-refractivity contribution < 1.29 is 14.4 Å². The van der Waals surface area contributed by atoms with E-state index in [0.29, 0.717) is 35.9 Å². The van der Waals surface area contributed by atoms with Crippen LogP contribution >= 0.6 is 11.3 Å². The van der Waals surface area contributed by atoms with E-state index in [9.17, 15) is 19.2 Å². The highest BCUT2D eigenvalue weighted by Gasteiger charge is 2.54. The highest BCUT2D eigenvalue weighted by atomic mass is 32.1. The van der Waals surface area contributed by atoms with Crippen LogP contribution in [0.1, 0.15) is 23.7 Å². The number of ketones is 1. The number of hydrogen-bond donors (Lipinski definition) is 4. The molecule has 36 heavy (non-hydrogen) atoms. The largest absolute Gasteiger partial charge is 0.338 e. The lowest BCUT2D eigenvalue weighted by Crippen LogP contribution is -2.57. The van der Waals surface area contributed by atoms with E-state index in [4.69, 9.17) is 4.99 Å². The van der Waals surface area contributed by atoms with E-state index >= 15 is 0 Å². The number of benzene rings is 1. The fourth-order valence-corrected chi connectivity index (χ4v) is 5.93. The van der Waals surface area contributed by atoms with E-state index in [0.717, 1.165) is 10.1 Å². The minimum Gasteiger partial charge on any atom is -0.338 e. The van der Waals surface area contributed by atoms with Crippen molar-refractivity contribution in [2.24, 2.45) is 10.9 Å². The zero-order chi connectivity index (χ0) is 25.3. The summed E-state index contributed by atoms with van der Waals surface area (Å²) >= 11 is 1.32. The maximum absolute atomic E-state index is 14.2. The smallest absolute Gasteiger partial charge is 0.319 e. The van der Waals surface area contributed by atoms with Gasteiger partial charge < -0.3 is 20.5 Å². The highest BCUT2D eigenvalue weighted by Crippen LogP contribution is 2.41. The number of thiophene rings is 1. The second-order valence-corrected chi connectivity index (χ2v) is 9.81. The molecule has 4 N–H and O–H groups in total. The molecule has 2 aliphatic rings. The molecule has 0 aliphatic carbocycles. The summed E-state index contributed by atoms with van der Waals surface area (Å²) in [6.07, 6.45) is 1.97. The Kier molecular flexibility index (Phi) is 6.42. The van der Waals surface area contributed by atoms with Crippen LogP contribution in [0.4, 0.5) is 9.80 Å². The number of carbonyl (C=O) groups excluding carboxylic acids is 3. The molecule has 3 aromatic rings. The van der Waals surface area contributed by atoms with Gasteiger partial charge in [0, 0.05) is 35.4 Å². The topological polar surface area (TPSA) is 134 Å². The van der Waals surface area contributed by atoms with Gasteiger partial charge in [-0.05, 0) is 32.0 Å².